The van der Waals surface area contributed by atoms with E-state index in [-0.39, 0.29) is 0 Å². The zero-order valence-corrected chi connectivity index (χ0v) is 13.3. The molecule has 0 radical (unpaired) electrons. The van der Waals surface area contributed by atoms with Gasteiger partial charge in [0.05, 0.1) is 0 Å². The van der Waals surface area contributed by atoms with Gasteiger partial charge in [0.25, 0.3) is 0 Å². The first-order valence-corrected chi connectivity index (χ1v) is 8.19. The third-order valence-corrected chi connectivity index (χ3v) is 4.57. The Morgan fingerprint density at radius 3 is 2.55 bits per heavy atom. The molecule has 1 aliphatic rings. The minimum absolute atomic E-state index is 0.598. The van der Waals surface area contributed by atoms with Gasteiger partial charge in [-0.3, -0.25) is 0 Å². The van der Waals surface area contributed by atoms with E-state index in [1.807, 2.05) is 0 Å². The van der Waals surface area contributed by atoms with E-state index in [0.717, 1.165) is 6.54 Å². The molecule has 1 aliphatic heterocycles. The molecular weight excluding hydrogens is 244 g/mol. The molecule has 1 fully saturated rings. The van der Waals surface area contributed by atoms with Gasteiger partial charge in [0, 0.05) is 18.6 Å². The lowest BCUT2D eigenvalue weighted by atomic mass is 10.0. The molecule has 20 heavy (non-hydrogen) atoms. The van der Waals surface area contributed by atoms with Crippen molar-refractivity contribution < 1.29 is 0 Å². The maximum absolute atomic E-state index is 3.79. The number of hydrogen-bond donors (Lipinski definition) is 1. The molecule has 2 rings (SSSR count). The first-order chi connectivity index (χ1) is 9.66. The molecule has 2 atom stereocenters. The molecule has 0 saturated carbocycles. The van der Waals surface area contributed by atoms with Crippen LogP contribution in [-0.4, -0.2) is 36.6 Å². The van der Waals surface area contributed by atoms with E-state index in [0.29, 0.717) is 18.0 Å². The van der Waals surface area contributed by atoms with Crippen molar-refractivity contribution >= 4 is 0 Å². The molecular formula is C18H30N2. The SMILES string of the molecule is CC(CNC1CCCN(C(C)C)CC1)c1ccccc1. The first-order valence-electron chi connectivity index (χ1n) is 8.19. The molecule has 0 spiro atoms. The van der Waals surface area contributed by atoms with Gasteiger partial charge in [0.1, 0.15) is 0 Å². The highest BCUT2D eigenvalue weighted by atomic mass is 15.1. The molecule has 2 heteroatoms. The number of hydrogen-bond acceptors (Lipinski definition) is 2. The van der Waals surface area contributed by atoms with Gasteiger partial charge in [-0.1, -0.05) is 37.3 Å². The summed E-state index contributed by atoms with van der Waals surface area (Å²) >= 11 is 0. The van der Waals surface area contributed by atoms with Crippen LogP contribution in [0.5, 0.6) is 0 Å². The van der Waals surface area contributed by atoms with Crippen LogP contribution in [-0.2, 0) is 0 Å². The summed E-state index contributed by atoms with van der Waals surface area (Å²) in [6, 6.07) is 12.2. The lowest BCUT2D eigenvalue weighted by Crippen LogP contribution is -2.35. The van der Waals surface area contributed by atoms with Crippen LogP contribution in [0.15, 0.2) is 30.3 Å². The Morgan fingerprint density at radius 1 is 1.10 bits per heavy atom. The van der Waals surface area contributed by atoms with Crippen LogP contribution >= 0.6 is 0 Å². The maximum Gasteiger partial charge on any atom is 0.00799 e. The molecule has 0 amide bonds. The van der Waals surface area contributed by atoms with Crippen molar-refractivity contribution in [1.82, 2.24) is 10.2 Å². The summed E-state index contributed by atoms with van der Waals surface area (Å²) in [5.41, 5.74) is 1.44. The Hall–Kier alpha value is -0.860. The third kappa shape index (κ3) is 4.60. The predicted octanol–water partition coefficient (Wildman–Crippen LogP) is 3.64. The predicted molar refractivity (Wildman–Crippen MR) is 87.2 cm³/mol. The first kappa shape index (κ1) is 15.5. The normalized spacial score (nSPS) is 22.7. The summed E-state index contributed by atoms with van der Waals surface area (Å²) in [4.78, 5) is 2.61. The number of nitrogens with zero attached hydrogens (tertiary/aromatic N) is 1. The lowest BCUT2D eigenvalue weighted by molar-refractivity contribution is 0.229. The second kappa shape index (κ2) is 7.80. The van der Waals surface area contributed by atoms with E-state index in [4.69, 9.17) is 0 Å². The summed E-state index contributed by atoms with van der Waals surface area (Å²) in [5, 5.41) is 3.79. The summed E-state index contributed by atoms with van der Waals surface area (Å²) in [5.74, 6) is 0.598. The Kier molecular flexibility index (Phi) is 6.06. The van der Waals surface area contributed by atoms with Crippen molar-refractivity contribution in [2.75, 3.05) is 19.6 Å². The Labute approximate surface area is 124 Å². The molecule has 2 nitrogen and oxygen atoms in total. The van der Waals surface area contributed by atoms with Gasteiger partial charge in [0.15, 0.2) is 0 Å². The van der Waals surface area contributed by atoms with E-state index in [1.165, 1.54) is 37.9 Å². The molecule has 1 saturated heterocycles. The molecule has 0 aromatic heterocycles. The van der Waals surface area contributed by atoms with Crippen molar-refractivity contribution in [2.24, 2.45) is 0 Å². The highest BCUT2D eigenvalue weighted by Crippen LogP contribution is 2.16. The second-order valence-electron chi connectivity index (χ2n) is 6.48. The number of likely N-dealkylation sites (tertiary alicyclic amines) is 1. The fourth-order valence-electron chi connectivity index (χ4n) is 3.08. The smallest absolute Gasteiger partial charge is 0.00799 e. The van der Waals surface area contributed by atoms with E-state index < -0.39 is 0 Å². The highest BCUT2D eigenvalue weighted by molar-refractivity contribution is 5.19. The fourth-order valence-corrected chi connectivity index (χ4v) is 3.08. The van der Waals surface area contributed by atoms with Gasteiger partial charge in [-0.25, -0.2) is 0 Å². The number of benzene rings is 1. The van der Waals surface area contributed by atoms with Crippen LogP contribution < -0.4 is 5.32 Å². The monoisotopic (exact) mass is 274 g/mol. The Morgan fingerprint density at radius 2 is 1.85 bits per heavy atom. The van der Waals surface area contributed by atoms with Crippen LogP contribution in [0.2, 0.25) is 0 Å². The van der Waals surface area contributed by atoms with Crippen molar-refractivity contribution in [2.45, 2.75) is 58.0 Å². The molecule has 112 valence electrons. The largest absolute Gasteiger partial charge is 0.313 e. The van der Waals surface area contributed by atoms with Crippen LogP contribution in [0, 0.1) is 0 Å². The molecule has 1 heterocycles. The van der Waals surface area contributed by atoms with E-state index in [1.54, 1.807) is 0 Å². The average molecular weight is 274 g/mol. The van der Waals surface area contributed by atoms with E-state index >= 15 is 0 Å². The van der Waals surface area contributed by atoms with Gasteiger partial charge >= 0.3 is 0 Å². The zero-order chi connectivity index (χ0) is 14.4. The van der Waals surface area contributed by atoms with E-state index in [2.05, 4.69) is 61.3 Å². The average Bonchev–Trinajstić information content (AvgIpc) is 2.71. The van der Waals surface area contributed by atoms with Crippen LogP contribution in [0.4, 0.5) is 0 Å². The summed E-state index contributed by atoms with van der Waals surface area (Å²) in [6.45, 7) is 10.5. The lowest BCUT2D eigenvalue weighted by Gasteiger charge is -2.24. The van der Waals surface area contributed by atoms with Gasteiger partial charge < -0.3 is 10.2 Å². The van der Waals surface area contributed by atoms with Gasteiger partial charge in [-0.15, -0.1) is 0 Å². The van der Waals surface area contributed by atoms with Crippen LogP contribution in [0.25, 0.3) is 0 Å². The Balaban J connectivity index is 1.77. The zero-order valence-electron chi connectivity index (χ0n) is 13.3. The number of rotatable bonds is 5. The van der Waals surface area contributed by atoms with Gasteiger partial charge in [-0.2, -0.15) is 0 Å². The summed E-state index contributed by atoms with van der Waals surface area (Å²) in [6.07, 6.45) is 3.94. The number of nitrogens with one attached hydrogen (secondary N) is 1. The van der Waals surface area contributed by atoms with Gasteiger partial charge in [0.2, 0.25) is 0 Å². The van der Waals surface area contributed by atoms with Crippen molar-refractivity contribution in [3.63, 3.8) is 0 Å². The van der Waals surface area contributed by atoms with E-state index in [9.17, 15) is 0 Å². The standard InChI is InChI=1S/C18H30N2/c1-15(2)20-12-7-10-18(11-13-20)19-14-16(3)17-8-5-4-6-9-17/h4-6,8-9,15-16,18-19H,7,10-14H2,1-3H3. The second-order valence-corrected chi connectivity index (χ2v) is 6.48. The molecule has 1 aromatic rings. The topological polar surface area (TPSA) is 15.3 Å². The fraction of sp³-hybridized carbons (Fsp3) is 0.667. The van der Waals surface area contributed by atoms with Crippen LogP contribution in [0.3, 0.4) is 0 Å². The van der Waals surface area contributed by atoms with Gasteiger partial charge in [-0.05, 0) is 57.7 Å². The summed E-state index contributed by atoms with van der Waals surface area (Å²) in [7, 11) is 0. The van der Waals surface area contributed by atoms with Crippen molar-refractivity contribution in [3.05, 3.63) is 35.9 Å². The van der Waals surface area contributed by atoms with Crippen molar-refractivity contribution in [3.8, 4) is 0 Å². The maximum atomic E-state index is 3.79. The van der Waals surface area contributed by atoms with Crippen molar-refractivity contribution in [1.29, 1.82) is 0 Å². The molecule has 2 unspecified atom stereocenters. The Bertz CT molecular complexity index is 374. The minimum Gasteiger partial charge on any atom is -0.313 e. The molecule has 1 N–H and O–H groups in total. The molecule has 0 bridgehead atoms. The minimum atomic E-state index is 0.598. The highest BCUT2D eigenvalue weighted by Gasteiger charge is 2.18. The quantitative estimate of drug-likeness (QED) is 0.882. The summed E-state index contributed by atoms with van der Waals surface area (Å²) < 4.78 is 0. The molecule has 0 aliphatic carbocycles. The third-order valence-electron chi connectivity index (χ3n) is 4.57. The van der Waals surface area contributed by atoms with Crippen LogP contribution in [0.1, 0.15) is 51.5 Å². The molecule has 1 aromatic carbocycles.